The molecule has 0 aliphatic carbocycles. The van der Waals surface area contributed by atoms with E-state index in [4.69, 9.17) is 5.73 Å². The monoisotopic (exact) mass is 611 g/mol. The van der Waals surface area contributed by atoms with Crippen molar-refractivity contribution in [3.05, 3.63) is 89.5 Å². The van der Waals surface area contributed by atoms with Gasteiger partial charge in [0.15, 0.2) is 0 Å². The summed E-state index contributed by atoms with van der Waals surface area (Å²) in [7, 11) is -4.32. The average molecular weight is 612 g/mol. The minimum Gasteiger partial charge on any atom is -0.399 e. The summed E-state index contributed by atoms with van der Waals surface area (Å²) >= 11 is 0. The number of carbonyl (C=O) groups is 1. The first-order valence-corrected chi connectivity index (χ1v) is 15.6. The molecule has 2 heterocycles. The number of nitrogens with two attached hydrogens (primary N) is 1. The summed E-state index contributed by atoms with van der Waals surface area (Å²) < 4.78 is 78.8. The van der Waals surface area contributed by atoms with Gasteiger partial charge in [0.2, 0.25) is 20.0 Å². The fourth-order valence-electron chi connectivity index (χ4n) is 4.77. The van der Waals surface area contributed by atoms with Crippen LogP contribution in [-0.4, -0.2) is 56.8 Å². The van der Waals surface area contributed by atoms with E-state index in [1.807, 2.05) is 0 Å². The Kier molecular flexibility index (Phi) is 8.53. The molecule has 2 atom stereocenters. The van der Waals surface area contributed by atoms with E-state index >= 15 is 0 Å². The fourth-order valence-corrected chi connectivity index (χ4v) is 7.84. The van der Waals surface area contributed by atoms with Gasteiger partial charge in [0.25, 0.3) is 0 Å². The Bertz CT molecular complexity index is 1630. The SMILES string of the molecule is C=C1N[C@](C)(c2cc(CC(C)=O)ccc2F)CS(=O)(=O)N1C.C=C1N[C@](C)(c2cc(N)ccc2F)CS(=O)(=O)N1C. The van der Waals surface area contributed by atoms with Gasteiger partial charge in [-0.05, 0) is 50.6 Å². The Morgan fingerprint density at radius 1 is 0.878 bits per heavy atom. The second-order valence-corrected chi connectivity index (χ2v) is 14.7. The van der Waals surface area contributed by atoms with Gasteiger partial charge < -0.3 is 16.4 Å². The first-order chi connectivity index (χ1) is 18.7. The van der Waals surface area contributed by atoms with Gasteiger partial charge in [0, 0.05) is 37.3 Å². The van der Waals surface area contributed by atoms with Crippen LogP contribution in [0.2, 0.25) is 0 Å². The van der Waals surface area contributed by atoms with Crippen molar-refractivity contribution < 1.29 is 30.4 Å². The second kappa shape index (κ2) is 11.0. The number of nitrogens with one attached hydrogen (secondary N) is 2. The number of rotatable bonds is 4. The summed E-state index contributed by atoms with van der Waals surface area (Å²) in [5.74, 6) is -1.24. The Morgan fingerprint density at radius 3 is 1.71 bits per heavy atom. The third-order valence-electron chi connectivity index (χ3n) is 7.04. The topological polar surface area (TPSA) is 142 Å². The molecular weight excluding hydrogens is 576 g/mol. The predicted molar refractivity (Wildman–Crippen MR) is 154 cm³/mol. The molecule has 0 radical (unpaired) electrons. The van der Waals surface area contributed by atoms with Gasteiger partial charge in [-0.3, -0.25) is 13.4 Å². The van der Waals surface area contributed by atoms with Crippen molar-refractivity contribution in [2.45, 2.75) is 38.3 Å². The number of hydrogen-bond acceptors (Lipinski definition) is 8. The van der Waals surface area contributed by atoms with Gasteiger partial charge in [-0.2, -0.15) is 0 Å². The number of anilines is 1. The highest BCUT2D eigenvalue weighted by atomic mass is 32.2. The average Bonchev–Trinajstić information content (AvgIpc) is 2.83. The molecule has 14 heteroatoms. The van der Waals surface area contributed by atoms with Gasteiger partial charge in [-0.25, -0.2) is 25.6 Å². The van der Waals surface area contributed by atoms with E-state index in [1.54, 1.807) is 13.8 Å². The summed E-state index contributed by atoms with van der Waals surface area (Å²) in [5.41, 5.74) is 4.86. The van der Waals surface area contributed by atoms with Gasteiger partial charge in [-0.1, -0.05) is 25.3 Å². The lowest BCUT2D eigenvalue weighted by atomic mass is 9.91. The molecule has 2 aliphatic rings. The molecule has 0 amide bonds. The molecule has 2 aromatic carbocycles. The lowest BCUT2D eigenvalue weighted by Crippen LogP contribution is -2.56. The maximum atomic E-state index is 14.2. The van der Waals surface area contributed by atoms with Crippen LogP contribution in [0.5, 0.6) is 0 Å². The zero-order valence-electron chi connectivity index (χ0n) is 23.6. The number of nitrogens with zero attached hydrogens (tertiary/aromatic N) is 2. The predicted octanol–water partition coefficient (Wildman–Crippen LogP) is 2.47. The summed E-state index contributed by atoms with van der Waals surface area (Å²) in [5, 5.41) is 5.90. The summed E-state index contributed by atoms with van der Waals surface area (Å²) in [4.78, 5) is 11.2. The van der Waals surface area contributed by atoms with Crippen molar-refractivity contribution in [2.75, 3.05) is 31.3 Å². The van der Waals surface area contributed by atoms with E-state index in [9.17, 15) is 30.4 Å². The lowest BCUT2D eigenvalue weighted by molar-refractivity contribution is -0.116. The molecule has 2 aromatic rings. The second-order valence-electron chi connectivity index (χ2n) is 10.7. The largest absolute Gasteiger partial charge is 0.399 e. The number of nitrogen functional groups attached to an aromatic ring is 1. The van der Waals surface area contributed by atoms with Crippen LogP contribution in [-0.2, 0) is 42.3 Å². The van der Waals surface area contributed by atoms with Crippen LogP contribution in [0.25, 0.3) is 0 Å². The smallest absolute Gasteiger partial charge is 0.238 e. The molecule has 0 bridgehead atoms. The van der Waals surface area contributed by atoms with Crippen molar-refractivity contribution in [3.8, 4) is 0 Å². The van der Waals surface area contributed by atoms with Gasteiger partial charge >= 0.3 is 0 Å². The molecule has 10 nitrogen and oxygen atoms in total. The minimum absolute atomic E-state index is 0.0453. The number of benzene rings is 2. The number of carbonyl (C=O) groups excluding carboxylic acids is 1. The van der Waals surface area contributed by atoms with Crippen LogP contribution < -0.4 is 16.4 Å². The number of sulfonamides is 2. The molecule has 0 aromatic heterocycles. The van der Waals surface area contributed by atoms with Gasteiger partial charge in [-0.15, -0.1) is 0 Å². The maximum Gasteiger partial charge on any atom is 0.238 e. The van der Waals surface area contributed by atoms with Crippen molar-refractivity contribution >= 4 is 31.5 Å². The van der Waals surface area contributed by atoms with Crippen molar-refractivity contribution in [2.24, 2.45) is 0 Å². The number of hydrogen-bond donors (Lipinski definition) is 3. The molecule has 2 aliphatic heterocycles. The highest BCUT2D eigenvalue weighted by molar-refractivity contribution is 7.89. The van der Waals surface area contributed by atoms with Crippen LogP contribution in [0.3, 0.4) is 0 Å². The van der Waals surface area contributed by atoms with Crippen LogP contribution in [0.4, 0.5) is 14.5 Å². The fraction of sp³-hybridized carbons (Fsp3) is 0.370. The molecule has 0 saturated carbocycles. The minimum atomic E-state index is -3.58. The molecule has 4 N–H and O–H groups in total. The zero-order valence-corrected chi connectivity index (χ0v) is 25.2. The molecule has 0 unspecified atom stereocenters. The lowest BCUT2D eigenvalue weighted by Gasteiger charge is -2.41. The Hall–Kier alpha value is -3.65. The van der Waals surface area contributed by atoms with Gasteiger partial charge in [0.1, 0.15) is 29.1 Å². The van der Waals surface area contributed by atoms with Gasteiger partial charge in [0.05, 0.1) is 22.6 Å². The third-order valence-corrected chi connectivity index (χ3v) is 11.0. The van der Waals surface area contributed by atoms with Crippen molar-refractivity contribution in [1.29, 1.82) is 0 Å². The van der Waals surface area contributed by atoms with Crippen molar-refractivity contribution in [3.63, 3.8) is 0 Å². The van der Waals surface area contributed by atoms with E-state index in [0.29, 0.717) is 11.3 Å². The highest BCUT2D eigenvalue weighted by Gasteiger charge is 2.43. The first-order valence-electron chi connectivity index (χ1n) is 12.4. The van der Waals surface area contributed by atoms with E-state index in [0.717, 1.165) is 8.61 Å². The van der Waals surface area contributed by atoms with E-state index in [-0.39, 0.29) is 46.5 Å². The standard InChI is InChI=1S/C15H19FN2O3S.C12H16FN3O2S/c1-10(19)7-12-5-6-14(16)13(8-12)15(3)9-22(20,21)18(4)11(2)17-15;1-8-15-12(2,7-19(17,18)16(8)3)10-6-9(14)4-5-11(10)13/h5-6,8,17H,2,7,9H2,1,3-4H3;4-6,15H,1,7,14H2,2-3H3/t15-;12-/m00/s1. The Labute approximate surface area is 240 Å². The third kappa shape index (κ3) is 6.64. The highest BCUT2D eigenvalue weighted by Crippen LogP contribution is 2.34. The Morgan fingerprint density at radius 2 is 1.29 bits per heavy atom. The van der Waals surface area contributed by atoms with Crippen LogP contribution >= 0.6 is 0 Å². The molecule has 4 rings (SSSR count). The van der Waals surface area contributed by atoms with E-state index < -0.39 is 42.8 Å². The first kappa shape index (κ1) is 31.9. The summed E-state index contributed by atoms with van der Waals surface area (Å²) in [6.07, 6.45) is 0.178. The van der Waals surface area contributed by atoms with E-state index in [2.05, 4.69) is 23.8 Å². The quantitative estimate of drug-likeness (QED) is 0.448. The molecule has 41 heavy (non-hydrogen) atoms. The van der Waals surface area contributed by atoms with Crippen molar-refractivity contribution in [1.82, 2.24) is 19.2 Å². The molecule has 0 spiro atoms. The van der Waals surface area contributed by atoms with E-state index in [1.165, 1.54) is 57.4 Å². The Balaban J connectivity index is 0.000000228. The molecule has 2 fully saturated rings. The summed E-state index contributed by atoms with van der Waals surface area (Å²) in [6, 6.07) is 8.43. The molecule has 224 valence electrons. The number of halogens is 2. The van der Waals surface area contributed by atoms with Crippen LogP contribution in [0.1, 0.15) is 37.5 Å². The number of Topliss-reactive ketones (excluding diaryl/α,β-unsaturated/α-hetero) is 1. The maximum absolute atomic E-state index is 14.2. The summed E-state index contributed by atoms with van der Waals surface area (Å²) in [6.45, 7) is 12.0. The van der Waals surface area contributed by atoms with Crippen LogP contribution in [0.15, 0.2) is 61.2 Å². The van der Waals surface area contributed by atoms with Crippen LogP contribution in [0, 0.1) is 11.6 Å². The molecule has 2 saturated heterocycles. The zero-order chi connectivity index (χ0) is 31.1. The normalized spacial score (nSPS) is 25.0. The molecular formula is C27H35F2N5O5S2. The number of ketones is 1.